The van der Waals surface area contributed by atoms with Crippen LogP contribution in [0.4, 0.5) is 0 Å². The van der Waals surface area contributed by atoms with Crippen molar-refractivity contribution < 1.29 is 4.79 Å². The van der Waals surface area contributed by atoms with E-state index >= 15 is 0 Å². The molecule has 2 aliphatic heterocycles. The molecule has 1 amide bonds. The van der Waals surface area contributed by atoms with Gasteiger partial charge in [-0.1, -0.05) is 20.3 Å². The van der Waals surface area contributed by atoms with Crippen molar-refractivity contribution in [1.29, 1.82) is 0 Å². The fraction of sp³-hybridized carbons (Fsp3) is 0.913. The van der Waals surface area contributed by atoms with Crippen molar-refractivity contribution in [2.24, 2.45) is 16.8 Å². The molecule has 0 radical (unpaired) electrons. The van der Waals surface area contributed by atoms with E-state index in [9.17, 15) is 4.79 Å². The Kier molecular flexibility index (Phi) is 11.4. The molecule has 2 unspecified atom stereocenters. The second kappa shape index (κ2) is 13.8. The van der Waals surface area contributed by atoms with Crippen molar-refractivity contribution in [2.75, 3.05) is 52.4 Å². The molecule has 0 aromatic carbocycles. The normalized spacial score (nSPS) is 24.4. The SMILES string of the molecule is CCNC(=NCCCN1CCCCCC1=O)NCCCCN1CC(C)CC(C)C1. The van der Waals surface area contributed by atoms with Crippen LogP contribution in [0.25, 0.3) is 0 Å². The van der Waals surface area contributed by atoms with E-state index in [0.717, 1.165) is 76.2 Å². The summed E-state index contributed by atoms with van der Waals surface area (Å²) in [5, 5.41) is 6.81. The molecule has 6 heteroatoms. The summed E-state index contributed by atoms with van der Waals surface area (Å²) in [6.45, 7) is 15.0. The number of hydrogen-bond acceptors (Lipinski definition) is 3. The molecule has 0 aliphatic carbocycles. The predicted molar refractivity (Wildman–Crippen MR) is 122 cm³/mol. The maximum atomic E-state index is 12.1. The minimum absolute atomic E-state index is 0.328. The van der Waals surface area contributed by atoms with Crippen molar-refractivity contribution in [1.82, 2.24) is 20.4 Å². The van der Waals surface area contributed by atoms with Crippen LogP contribution in [0.15, 0.2) is 4.99 Å². The first-order chi connectivity index (χ1) is 14.1. The number of rotatable bonds is 10. The summed E-state index contributed by atoms with van der Waals surface area (Å²) in [5.74, 6) is 2.92. The molecule has 2 aliphatic rings. The van der Waals surface area contributed by atoms with Gasteiger partial charge < -0.3 is 20.4 Å². The maximum Gasteiger partial charge on any atom is 0.222 e. The Hall–Kier alpha value is -1.30. The van der Waals surface area contributed by atoms with Crippen LogP contribution < -0.4 is 10.6 Å². The molecule has 0 bridgehead atoms. The smallest absolute Gasteiger partial charge is 0.222 e. The Morgan fingerprint density at radius 3 is 2.59 bits per heavy atom. The Morgan fingerprint density at radius 2 is 1.83 bits per heavy atom. The van der Waals surface area contributed by atoms with Crippen molar-refractivity contribution >= 4 is 11.9 Å². The van der Waals surface area contributed by atoms with Gasteiger partial charge in [-0.05, 0) is 63.8 Å². The summed E-state index contributed by atoms with van der Waals surface area (Å²) in [7, 11) is 0. The van der Waals surface area contributed by atoms with E-state index in [-0.39, 0.29) is 0 Å². The number of carbonyl (C=O) groups excluding carboxylic acids is 1. The average molecular weight is 408 g/mol. The van der Waals surface area contributed by atoms with Gasteiger partial charge in [0.15, 0.2) is 5.96 Å². The quantitative estimate of drug-likeness (QED) is 0.332. The standard InChI is InChI=1S/C23H45N5O/c1-4-24-23(26-13-10-16-28-15-8-5-6-11-22(28)29)25-12-7-9-14-27-18-20(2)17-21(3)19-27/h20-21H,4-19H2,1-3H3,(H2,24,25,26). The highest BCUT2D eigenvalue weighted by molar-refractivity contribution is 5.79. The van der Waals surface area contributed by atoms with E-state index in [1.54, 1.807) is 0 Å². The first kappa shape index (κ1) is 24.0. The highest BCUT2D eigenvalue weighted by Gasteiger charge is 2.21. The zero-order valence-electron chi connectivity index (χ0n) is 19.2. The first-order valence-corrected chi connectivity index (χ1v) is 12.1. The van der Waals surface area contributed by atoms with Crippen LogP contribution in [0.1, 0.15) is 72.1 Å². The van der Waals surface area contributed by atoms with Crippen molar-refractivity contribution in [3.05, 3.63) is 0 Å². The third-order valence-electron chi connectivity index (χ3n) is 6.01. The fourth-order valence-corrected chi connectivity index (χ4v) is 4.71. The Morgan fingerprint density at radius 1 is 1.03 bits per heavy atom. The predicted octanol–water partition coefficient (Wildman–Crippen LogP) is 3.09. The van der Waals surface area contributed by atoms with Gasteiger partial charge in [-0.15, -0.1) is 0 Å². The van der Waals surface area contributed by atoms with E-state index in [1.807, 2.05) is 4.90 Å². The molecular formula is C23H45N5O. The van der Waals surface area contributed by atoms with Crippen molar-refractivity contribution in [3.63, 3.8) is 0 Å². The Bertz CT molecular complexity index is 486. The molecular weight excluding hydrogens is 362 g/mol. The number of amides is 1. The third kappa shape index (κ3) is 9.83. The van der Waals surface area contributed by atoms with Gasteiger partial charge in [0, 0.05) is 52.2 Å². The molecule has 0 spiro atoms. The number of hydrogen-bond donors (Lipinski definition) is 2. The number of carbonyl (C=O) groups is 1. The van der Waals surface area contributed by atoms with Gasteiger partial charge >= 0.3 is 0 Å². The molecule has 2 heterocycles. The van der Waals surface area contributed by atoms with Gasteiger partial charge in [0.2, 0.25) is 5.91 Å². The molecule has 6 nitrogen and oxygen atoms in total. The first-order valence-electron chi connectivity index (χ1n) is 12.1. The topological polar surface area (TPSA) is 60.0 Å². The van der Waals surface area contributed by atoms with Gasteiger partial charge in [0.05, 0.1) is 0 Å². The number of aliphatic imine (C=N–C) groups is 1. The van der Waals surface area contributed by atoms with Crippen molar-refractivity contribution in [3.8, 4) is 0 Å². The molecule has 29 heavy (non-hydrogen) atoms. The molecule has 0 saturated carbocycles. The molecule has 168 valence electrons. The number of piperidine rings is 1. The minimum Gasteiger partial charge on any atom is -0.357 e. The summed E-state index contributed by atoms with van der Waals surface area (Å²) in [6, 6.07) is 0. The van der Waals surface area contributed by atoms with E-state index in [0.29, 0.717) is 5.91 Å². The highest BCUT2D eigenvalue weighted by atomic mass is 16.2. The van der Waals surface area contributed by atoms with Crippen LogP contribution in [0, 0.1) is 11.8 Å². The lowest BCUT2D eigenvalue weighted by atomic mass is 9.92. The summed E-state index contributed by atoms with van der Waals surface area (Å²) in [4.78, 5) is 21.4. The summed E-state index contributed by atoms with van der Waals surface area (Å²) >= 11 is 0. The highest BCUT2D eigenvalue weighted by Crippen LogP contribution is 2.20. The monoisotopic (exact) mass is 407 g/mol. The minimum atomic E-state index is 0.328. The summed E-state index contributed by atoms with van der Waals surface area (Å²) in [6.07, 6.45) is 8.84. The van der Waals surface area contributed by atoms with Gasteiger partial charge in [-0.2, -0.15) is 0 Å². The van der Waals surface area contributed by atoms with Crippen molar-refractivity contribution in [2.45, 2.75) is 72.1 Å². The lowest BCUT2D eigenvalue weighted by molar-refractivity contribution is -0.130. The van der Waals surface area contributed by atoms with Crippen LogP contribution in [0.3, 0.4) is 0 Å². The van der Waals surface area contributed by atoms with Crippen LogP contribution in [-0.2, 0) is 4.79 Å². The lowest BCUT2D eigenvalue weighted by Gasteiger charge is -2.34. The lowest BCUT2D eigenvalue weighted by Crippen LogP contribution is -2.40. The largest absolute Gasteiger partial charge is 0.357 e. The second-order valence-corrected chi connectivity index (χ2v) is 9.15. The van der Waals surface area contributed by atoms with E-state index in [1.165, 1.54) is 45.3 Å². The molecule has 2 atom stereocenters. The molecule has 2 saturated heterocycles. The van der Waals surface area contributed by atoms with Crippen LogP contribution >= 0.6 is 0 Å². The van der Waals surface area contributed by atoms with E-state index < -0.39 is 0 Å². The zero-order chi connectivity index (χ0) is 20.9. The molecule has 2 N–H and O–H groups in total. The summed E-state index contributed by atoms with van der Waals surface area (Å²) < 4.78 is 0. The number of nitrogens with zero attached hydrogens (tertiary/aromatic N) is 3. The number of unbranched alkanes of at least 4 members (excludes halogenated alkanes) is 1. The average Bonchev–Trinajstić information content (AvgIpc) is 2.88. The maximum absolute atomic E-state index is 12.1. The number of nitrogens with one attached hydrogen (secondary N) is 2. The number of likely N-dealkylation sites (tertiary alicyclic amines) is 2. The molecule has 2 rings (SSSR count). The molecule has 0 aromatic rings. The van der Waals surface area contributed by atoms with Gasteiger partial charge in [-0.25, -0.2) is 0 Å². The van der Waals surface area contributed by atoms with Crippen LogP contribution in [0.5, 0.6) is 0 Å². The molecule has 2 fully saturated rings. The Labute approximate surface area is 178 Å². The molecule has 0 aromatic heterocycles. The zero-order valence-corrected chi connectivity index (χ0v) is 19.2. The second-order valence-electron chi connectivity index (χ2n) is 9.15. The number of guanidine groups is 1. The van der Waals surface area contributed by atoms with Crippen LogP contribution in [-0.4, -0.2) is 74.0 Å². The van der Waals surface area contributed by atoms with Gasteiger partial charge in [-0.3, -0.25) is 9.79 Å². The van der Waals surface area contributed by atoms with E-state index in [2.05, 4.69) is 36.3 Å². The van der Waals surface area contributed by atoms with E-state index in [4.69, 9.17) is 4.99 Å². The Balaban J connectivity index is 1.59. The fourth-order valence-electron chi connectivity index (χ4n) is 4.71. The van der Waals surface area contributed by atoms with Gasteiger partial charge in [0.1, 0.15) is 0 Å². The van der Waals surface area contributed by atoms with Crippen LogP contribution in [0.2, 0.25) is 0 Å². The van der Waals surface area contributed by atoms with Gasteiger partial charge in [0.25, 0.3) is 0 Å². The summed E-state index contributed by atoms with van der Waals surface area (Å²) in [5.41, 5.74) is 0. The third-order valence-corrected chi connectivity index (χ3v) is 6.01.